The molecule has 1 N–H and O–H groups in total. The van der Waals surface area contributed by atoms with Gasteiger partial charge in [-0.1, -0.05) is 20.8 Å². The summed E-state index contributed by atoms with van der Waals surface area (Å²) in [5, 5.41) is 3.84. The summed E-state index contributed by atoms with van der Waals surface area (Å²) in [4.78, 5) is 21.3. The molecule has 2 aromatic heterocycles. The number of aromatic nitrogens is 2. The predicted molar refractivity (Wildman–Crippen MR) is 95.5 cm³/mol. The van der Waals surface area contributed by atoms with Crippen LogP contribution in [0.2, 0.25) is 0 Å². The summed E-state index contributed by atoms with van der Waals surface area (Å²) in [6.07, 6.45) is 4.21. The lowest BCUT2D eigenvalue weighted by Crippen LogP contribution is -2.09. The third-order valence-corrected chi connectivity index (χ3v) is 4.70. The number of amides is 1. The molecule has 0 saturated heterocycles. The molecule has 5 nitrogen and oxygen atoms in total. The van der Waals surface area contributed by atoms with Crippen molar-refractivity contribution in [1.29, 1.82) is 0 Å². The van der Waals surface area contributed by atoms with Crippen LogP contribution in [0.4, 0.5) is 5.69 Å². The van der Waals surface area contributed by atoms with Crippen molar-refractivity contribution in [3.63, 3.8) is 0 Å². The van der Waals surface area contributed by atoms with E-state index in [-0.39, 0.29) is 5.91 Å². The zero-order chi connectivity index (χ0) is 17.1. The van der Waals surface area contributed by atoms with Gasteiger partial charge in [-0.3, -0.25) is 4.79 Å². The lowest BCUT2D eigenvalue weighted by molar-refractivity contribution is 0.103. The van der Waals surface area contributed by atoms with Crippen molar-refractivity contribution >= 4 is 22.9 Å². The maximum atomic E-state index is 12.2. The molecule has 24 heavy (non-hydrogen) atoms. The maximum Gasteiger partial charge on any atom is 0.267 e. The van der Waals surface area contributed by atoms with Crippen LogP contribution in [0.15, 0.2) is 41.1 Å². The van der Waals surface area contributed by atoms with Crippen LogP contribution in [0.1, 0.15) is 47.1 Å². The molecule has 0 saturated carbocycles. The zero-order valence-electron chi connectivity index (χ0n) is 13.9. The van der Waals surface area contributed by atoms with Crippen LogP contribution in [0.3, 0.4) is 0 Å². The van der Waals surface area contributed by atoms with E-state index in [4.69, 9.17) is 4.42 Å². The second-order valence-corrected chi connectivity index (χ2v) is 6.84. The zero-order valence-corrected chi connectivity index (χ0v) is 14.7. The predicted octanol–water partition coefficient (Wildman–Crippen LogP) is 4.74. The van der Waals surface area contributed by atoms with Crippen LogP contribution in [-0.2, 0) is 6.42 Å². The van der Waals surface area contributed by atoms with Crippen LogP contribution in [-0.4, -0.2) is 15.9 Å². The molecule has 0 aliphatic heterocycles. The van der Waals surface area contributed by atoms with Crippen molar-refractivity contribution < 1.29 is 9.21 Å². The average Bonchev–Trinajstić information content (AvgIpc) is 3.25. The lowest BCUT2D eigenvalue weighted by atomic mass is 10.2. The second-order valence-electron chi connectivity index (χ2n) is 5.73. The monoisotopic (exact) mass is 341 g/mol. The topological polar surface area (TPSA) is 68.0 Å². The van der Waals surface area contributed by atoms with E-state index in [1.165, 1.54) is 11.3 Å². The van der Waals surface area contributed by atoms with Gasteiger partial charge in [0.25, 0.3) is 5.91 Å². The number of hydrogen-bond acceptors (Lipinski definition) is 5. The third-order valence-electron chi connectivity index (χ3n) is 3.56. The molecule has 0 radical (unpaired) electrons. The molecule has 3 rings (SSSR count). The fourth-order valence-electron chi connectivity index (χ4n) is 2.15. The van der Waals surface area contributed by atoms with E-state index >= 15 is 0 Å². The Bertz CT molecular complexity index is 834. The molecule has 6 heteroatoms. The summed E-state index contributed by atoms with van der Waals surface area (Å²) in [6.45, 7) is 6.14. The molecule has 0 spiro atoms. The first-order valence-electron chi connectivity index (χ1n) is 7.89. The normalized spacial score (nSPS) is 11.0. The van der Waals surface area contributed by atoms with Gasteiger partial charge in [0.05, 0.1) is 17.4 Å². The molecule has 0 fully saturated rings. The van der Waals surface area contributed by atoms with Crippen LogP contribution < -0.4 is 5.32 Å². The Labute approximate surface area is 144 Å². The van der Waals surface area contributed by atoms with Gasteiger partial charge in [-0.2, -0.15) is 0 Å². The fourth-order valence-corrected chi connectivity index (χ4v) is 2.91. The first-order valence-corrected chi connectivity index (χ1v) is 8.70. The van der Waals surface area contributed by atoms with Gasteiger partial charge in [0, 0.05) is 17.2 Å². The number of thiazole rings is 1. The van der Waals surface area contributed by atoms with Gasteiger partial charge in [0.15, 0.2) is 0 Å². The largest absolute Gasteiger partial charge is 0.441 e. The second kappa shape index (κ2) is 6.97. The highest BCUT2D eigenvalue weighted by molar-refractivity contribution is 7.13. The number of anilines is 1. The van der Waals surface area contributed by atoms with Gasteiger partial charge < -0.3 is 9.73 Å². The first kappa shape index (κ1) is 16.4. The smallest absolute Gasteiger partial charge is 0.267 e. The molecule has 124 valence electrons. The van der Waals surface area contributed by atoms with E-state index in [1.54, 1.807) is 12.4 Å². The summed E-state index contributed by atoms with van der Waals surface area (Å²) < 4.78 is 5.73. The van der Waals surface area contributed by atoms with Crippen LogP contribution >= 0.6 is 11.3 Å². The Morgan fingerprint density at radius 1 is 1.21 bits per heavy atom. The summed E-state index contributed by atoms with van der Waals surface area (Å²) >= 11 is 1.42. The fraction of sp³-hybridized carbons (Fsp3) is 0.278. The molecular formula is C18H19N3O2S. The number of carbonyl (C=O) groups is 1. The van der Waals surface area contributed by atoms with Gasteiger partial charge in [-0.05, 0) is 30.7 Å². The molecule has 0 aliphatic rings. The summed E-state index contributed by atoms with van der Waals surface area (Å²) in [5.74, 6) is 1.61. The summed E-state index contributed by atoms with van der Waals surface area (Å²) in [6, 6.07) is 7.45. The average molecular weight is 341 g/mol. The number of rotatable bonds is 5. The van der Waals surface area contributed by atoms with E-state index in [9.17, 15) is 4.79 Å². The number of hydrogen-bond donors (Lipinski definition) is 1. The highest BCUT2D eigenvalue weighted by Crippen LogP contribution is 2.25. The maximum absolute atomic E-state index is 12.2. The number of oxazole rings is 1. The minimum Gasteiger partial charge on any atom is -0.441 e. The highest BCUT2D eigenvalue weighted by Gasteiger charge is 2.12. The Morgan fingerprint density at radius 3 is 2.54 bits per heavy atom. The highest BCUT2D eigenvalue weighted by atomic mass is 32.1. The van der Waals surface area contributed by atoms with Crippen molar-refractivity contribution in [3.05, 3.63) is 52.3 Å². The number of aryl methyl sites for hydroxylation is 1. The van der Waals surface area contributed by atoms with E-state index in [1.807, 2.05) is 31.2 Å². The Kier molecular flexibility index (Phi) is 4.76. The summed E-state index contributed by atoms with van der Waals surface area (Å²) in [5.41, 5.74) is 1.61. The summed E-state index contributed by atoms with van der Waals surface area (Å²) in [7, 11) is 0. The molecule has 2 heterocycles. The van der Waals surface area contributed by atoms with Gasteiger partial charge >= 0.3 is 0 Å². The van der Waals surface area contributed by atoms with Crippen molar-refractivity contribution in [2.45, 2.75) is 33.1 Å². The Hall–Kier alpha value is -2.47. The van der Waals surface area contributed by atoms with Crippen molar-refractivity contribution in [3.8, 4) is 11.5 Å². The molecule has 0 unspecified atom stereocenters. The minimum absolute atomic E-state index is 0.141. The SMILES string of the molecule is CCc1ncc(C(=O)Nc2ccc(-c3ncc(C(C)C)o3)cc2)s1. The van der Waals surface area contributed by atoms with Crippen LogP contribution in [0.5, 0.6) is 0 Å². The minimum atomic E-state index is -0.141. The molecule has 0 aliphatic carbocycles. The first-order chi connectivity index (χ1) is 11.6. The number of nitrogens with one attached hydrogen (secondary N) is 1. The van der Waals surface area contributed by atoms with Gasteiger partial charge in [-0.25, -0.2) is 9.97 Å². The molecule has 3 aromatic rings. The quantitative estimate of drug-likeness (QED) is 0.728. The van der Waals surface area contributed by atoms with Gasteiger partial charge in [0.1, 0.15) is 10.6 Å². The lowest BCUT2D eigenvalue weighted by Gasteiger charge is -2.04. The van der Waals surface area contributed by atoms with Crippen LogP contribution in [0.25, 0.3) is 11.5 Å². The van der Waals surface area contributed by atoms with E-state index in [2.05, 4.69) is 29.1 Å². The number of benzene rings is 1. The van der Waals surface area contributed by atoms with Crippen molar-refractivity contribution in [2.24, 2.45) is 0 Å². The van der Waals surface area contributed by atoms with Crippen molar-refractivity contribution in [2.75, 3.05) is 5.32 Å². The molecule has 0 atom stereocenters. The Morgan fingerprint density at radius 2 is 1.96 bits per heavy atom. The Balaban J connectivity index is 1.70. The third kappa shape index (κ3) is 3.54. The van der Waals surface area contributed by atoms with E-state index in [0.29, 0.717) is 16.7 Å². The van der Waals surface area contributed by atoms with Crippen LogP contribution in [0, 0.1) is 0 Å². The molecule has 1 aromatic carbocycles. The molecule has 0 bridgehead atoms. The molecule has 1 amide bonds. The van der Waals surface area contributed by atoms with E-state index < -0.39 is 0 Å². The van der Waals surface area contributed by atoms with Crippen molar-refractivity contribution in [1.82, 2.24) is 9.97 Å². The van der Waals surface area contributed by atoms with Gasteiger partial charge in [-0.15, -0.1) is 11.3 Å². The van der Waals surface area contributed by atoms with E-state index in [0.717, 1.165) is 28.4 Å². The molecular weight excluding hydrogens is 322 g/mol. The van der Waals surface area contributed by atoms with Gasteiger partial charge in [0.2, 0.25) is 5.89 Å². The standard InChI is InChI=1S/C18H19N3O2S/c1-4-16-19-10-15(24-16)17(22)21-13-7-5-12(6-8-13)18-20-9-14(23-18)11(2)3/h5-11H,4H2,1-3H3,(H,21,22). The number of carbonyl (C=O) groups excluding carboxylic acids is 1. The number of nitrogens with zero attached hydrogens (tertiary/aromatic N) is 2.